The predicted molar refractivity (Wildman–Crippen MR) is 128 cm³/mol. The molecule has 2 aromatic carbocycles. The lowest BCUT2D eigenvalue weighted by Crippen LogP contribution is -2.14. The van der Waals surface area contributed by atoms with Gasteiger partial charge in [-0.25, -0.2) is 9.79 Å². The Labute approximate surface area is 199 Å². The van der Waals surface area contributed by atoms with Crippen molar-refractivity contribution in [2.45, 2.75) is 13.8 Å². The molecule has 32 heavy (non-hydrogen) atoms. The van der Waals surface area contributed by atoms with Gasteiger partial charge in [0.1, 0.15) is 22.1 Å². The molecule has 6 nitrogen and oxygen atoms in total. The molecule has 1 amide bonds. The third kappa shape index (κ3) is 5.01. The number of halogens is 2. The van der Waals surface area contributed by atoms with E-state index >= 15 is 0 Å². The highest BCUT2D eigenvalue weighted by Crippen LogP contribution is 2.42. The van der Waals surface area contributed by atoms with Gasteiger partial charge in [0.2, 0.25) is 0 Å². The van der Waals surface area contributed by atoms with Crippen molar-refractivity contribution in [3.63, 3.8) is 0 Å². The fourth-order valence-electron chi connectivity index (χ4n) is 3.00. The number of rotatable bonds is 5. The number of amides is 1. The van der Waals surface area contributed by atoms with E-state index in [1.165, 1.54) is 13.2 Å². The first-order valence-corrected chi connectivity index (χ1v) is 11.1. The van der Waals surface area contributed by atoms with Crippen LogP contribution in [0.3, 0.4) is 0 Å². The standard InChI is InChI=1S/C23H19Cl2NO5S/c1-4-31-23(29)18-19(27)17(10-13-9-14(24)11-16(25)20(13)30-3)32-22(18)26-21(28)15-8-6-5-7-12(15)2/h5-11,27H,4H2,1-3H3/b17-10-,26-22?. The maximum atomic E-state index is 12.8. The van der Waals surface area contributed by atoms with Crippen LogP contribution in [0.15, 0.2) is 57.6 Å². The zero-order chi connectivity index (χ0) is 23.4. The minimum atomic E-state index is -0.784. The monoisotopic (exact) mass is 491 g/mol. The summed E-state index contributed by atoms with van der Waals surface area (Å²) in [5.41, 5.74) is 1.43. The van der Waals surface area contributed by atoms with Gasteiger partial charge in [0.15, 0.2) is 0 Å². The average Bonchev–Trinajstić information content (AvgIpc) is 3.03. The molecule has 166 valence electrons. The van der Waals surface area contributed by atoms with Crippen LogP contribution in [-0.2, 0) is 9.53 Å². The van der Waals surface area contributed by atoms with E-state index in [-0.39, 0.29) is 32.9 Å². The Hall–Kier alpha value is -2.74. The molecule has 1 heterocycles. The van der Waals surface area contributed by atoms with Crippen molar-refractivity contribution < 1.29 is 24.2 Å². The summed E-state index contributed by atoms with van der Waals surface area (Å²) in [6.45, 7) is 3.52. The maximum absolute atomic E-state index is 12.8. The van der Waals surface area contributed by atoms with Gasteiger partial charge in [0, 0.05) is 16.1 Å². The van der Waals surface area contributed by atoms with Crippen LogP contribution in [0.5, 0.6) is 5.75 Å². The maximum Gasteiger partial charge on any atom is 0.344 e. The fourth-order valence-corrected chi connectivity index (χ4v) is 4.59. The number of thioether (sulfide) groups is 1. The zero-order valence-corrected chi connectivity index (χ0v) is 19.8. The Morgan fingerprint density at radius 2 is 1.94 bits per heavy atom. The van der Waals surface area contributed by atoms with E-state index in [9.17, 15) is 14.7 Å². The van der Waals surface area contributed by atoms with Crippen LogP contribution in [0.2, 0.25) is 10.0 Å². The number of methoxy groups -OCH3 is 1. The quantitative estimate of drug-likeness (QED) is 0.515. The van der Waals surface area contributed by atoms with E-state index in [0.29, 0.717) is 21.9 Å². The first-order chi connectivity index (χ1) is 15.3. The van der Waals surface area contributed by atoms with Gasteiger partial charge in [0.25, 0.3) is 5.91 Å². The van der Waals surface area contributed by atoms with E-state index in [1.54, 1.807) is 44.2 Å². The van der Waals surface area contributed by atoms with Gasteiger partial charge in [-0.3, -0.25) is 4.79 Å². The van der Waals surface area contributed by atoms with Gasteiger partial charge < -0.3 is 14.6 Å². The molecule has 0 atom stereocenters. The minimum absolute atomic E-state index is 0.0348. The molecule has 2 aromatic rings. The van der Waals surface area contributed by atoms with Crippen LogP contribution in [0.4, 0.5) is 0 Å². The lowest BCUT2D eigenvalue weighted by atomic mass is 10.1. The van der Waals surface area contributed by atoms with E-state index < -0.39 is 11.9 Å². The molecule has 0 fully saturated rings. The minimum Gasteiger partial charge on any atom is -0.506 e. The number of esters is 1. The molecule has 9 heteroatoms. The summed E-state index contributed by atoms with van der Waals surface area (Å²) in [4.78, 5) is 29.7. The summed E-state index contributed by atoms with van der Waals surface area (Å²) < 4.78 is 10.4. The third-order valence-corrected chi connectivity index (χ3v) is 6.00. The summed E-state index contributed by atoms with van der Waals surface area (Å²) in [6, 6.07) is 10.1. The molecule has 0 aromatic heterocycles. The molecule has 1 N–H and O–H groups in total. The smallest absolute Gasteiger partial charge is 0.344 e. The second-order valence-corrected chi connectivity index (χ2v) is 8.48. The largest absolute Gasteiger partial charge is 0.506 e. The van der Waals surface area contributed by atoms with Crippen molar-refractivity contribution in [1.82, 2.24) is 0 Å². The van der Waals surface area contributed by atoms with Crippen molar-refractivity contribution in [1.29, 1.82) is 0 Å². The fraction of sp³-hybridized carbons (Fsp3) is 0.174. The highest BCUT2D eigenvalue weighted by Gasteiger charge is 2.34. The van der Waals surface area contributed by atoms with Crippen LogP contribution in [0.25, 0.3) is 6.08 Å². The molecular weight excluding hydrogens is 473 g/mol. The van der Waals surface area contributed by atoms with Crippen molar-refractivity contribution in [2.24, 2.45) is 4.99 Å². The number of nitrogens with zero attached hydrogens (tertiary/aromatic N) is 1. The molecule has 1 aliphatic heterocycles. The van der Waals surface area contributed by atoms with Crippen LogP contribution >= 0.6 is 35.0 Å². The van der Waals surface area contributed by atoms with Gasteiger partial charge in [0.05, 0.1) is 23.6 Å². The Morgan fingerprint density at radius 3 is 2.59 bits per heavy atom. The Balaban J connectivity index is 2.10. The Morgan fingerprint density at radius 1 is 1.22 bits per heavy atom. The van der Waals surface area contributed by atoms with Crippen molar-refractivity contribution in [3.05, 3.63) is 79.4 Å². The molecular formula is C23H19Cl2NO5S. The van der Waals surface area contributed by atoms with Crippen LogP contribution in [0, 0.1) is 6.92 Å². The number of benzene rings is 2. The van der Waals surface area contributed by atoms with Gasteiger partial charge in [-0.05, 0) is 43.7 Å². The number of aliphatic imine (C=N–C) groups is 1. The summed E-state index contributed by atoms with van der Waals surface area (Å²) in [6.07, 6.45) is 1.55. The zero-order valence-electron chi connectivity index (χ0n) is 17.4. The first-order valence-electron chi connectivity index (χ1n) is 9.49. The van der Waals surface area contributed by atoms with Gasteiger partial charge in [-0.1, -0.05) is 53.2 Å². The number of carbonyl (C=O) groups excluding carboxylic acids is 2. The Kier molecular flexibility index (Phi) is 7.66. The first kappa shape index (κ1) is 23.9. The predicted octanol–water partition coefficient (Wildman–Crippen LogP) is 6.01. The number of ether oxygens (including phenoxy) is 2. The van der Waals surface area contributed by atoms with Crippen molar-refractivity contribution in [3.8, 4) is 5.75 Å². The molecule has 3 rings (SSSR count). The summed E-state index contributed by atoms with van der Waals surface area (Å²) >= 11 is 13.3. The van der Waals surface area contributed by atoms with Gasteiger partial charge in [-0.2, -0.15) is 0 Å². The normalized spacial score (nSPS) is 16.0. The number of aliphatic hydroxyl groups is 1. The van der Waals surface area contributed by atoms with E-state index in [2.05, 4.69) is 4.99 Å². The highest BCUT2D eigenvalue weighted by molar-refractivity contribution is 8.18. The van der Waals surface area contributed by atoms with E-state index in [0.717, 1.165) is 17.3 Å². The number of hydrogen-bond donors (Lipinski definition) is 1. The van der Waals surface area contributed by atoms with Gasteiger partial charge in [-0.15, -0.1) is 0 Å². The molecule has 1 aliphatic rings. The number of hydrogen-bond acceptors (Lipinski definition) is 6. The molecule has 0 radical (unpaired) electrons. The van der Waals surface area contributed by atoms with Crippen LogP contribution < -0.4 is 4.74 Å². The second-order valence-electron chi connectivity index (χ2n) is 6.60. The molecule has 0 spiro atoms. The molecule has 0 bridgehead atoms. The lowest BCUT2D eigenvalue weighted by Gasteiger charge is -2.08. The lowest BCUT2D eigenvalue weighted by molar-refractivity contribution is -0.138. The molecule has 0 saturated carbocycles. The summed E-state index contributed by atoms with van der Waals surface area (Å²) in [7, 11) is 1.45. The van der Waals surface area contributed by atoms with E-state index in [4.69, 9.17) is 32.7 Å². The summed E-state index contributed by atoms with van der Waals surface area (Å²) in [5, 5.41) is 11.5. The average molecular weight is 492 g/mol. The van der Waals surface area contributed by atoms with Gasteiger partial charge >= 0.3 is 5.97 Å². The van der Waals surface area contributed by atoms with Crippen molar-refractivity contribution >= 4 is 58.0 Å². The topological polar surface area (TPSA) is 85.2 Å². The second kappa shape index (κ2) is 10.3. The third-order valence-electron chi connectivity index (χ3n) is 4.48. The van der Waals surface area contributed by atoms with E-state index in [1.807, 2.05) is 6.07 Å². The number of aryl methyl sites for hydroxylation is 1. The Bertz CT molecular complexity index is 1190. The molecule has 0 aliphatic carbocycles. The highest BCUT2D eigenvalue weighted by atomic mass is 35.5. The SMILES string of the molecule is CCOC(=O)C1=C(O)/C(=C/c2cc(Cl)cc(Cl)c2OC)SC1=NC(=O)c1ccccc1C. The van der Waals surface area contributed by atoms with Crippen LogP contribution in [-0.4, -0.2) is 35.7 Å². The van der Waals surface area contributed by atoms with Crippen LogP contribution in [0.1, 0.15) is 28.4 Å². The van der Waals surface area contributed by atoms with Crippen molar-refractivity contribution in [2.75, 3.05) is 13.7 Å². The number of aliphatic hydroxyl groups excluding tert-OH is 1. The summed E-state index contributed by atoms with van der Waals surface area (Å²) in [5.74, 6) is -1.34. The number of carbonyl (C=O) groups is 2. The molecule has 0 saturated heterocycles. The molecule has 0 unspecified atom stereocenters.